The van der Waals surface area contributed by atoms with E-state index in [-0.39, 0.29) is 11.7 Å². The summed E-state index contributed by atoms with van der Waals surface area (Å²) in [6.45, 7) is 0.441. The molecular formula is C11H11ClO2S. The fourth-order valence-corrected chi connectivity index (χ4v) is 2.53. The first-order valence-electron chi connectivity index (χ1n) is 4.68. The average Bonchev–Trinajstić information content (AvgIpc) is 2.23. The van der Waals surface area contributed by atoms with Crippen LogP contribution >= 0.6 is 23.4 Å². The first-order valence-corrected chi connectivity index (χ1v) is 6.45. The second-order valence-electron chi connectivity index (χ2n) is 3.44. The number of Topliss-reactive ketones (excluding diaryl/α,β-unsaturated/α-hetero) is 1. The van der Waals surface area contributed by atoms with Crippen LogP contribution in [0.4, 0.5) is 0 Å². The summed E-state index contributed by atoms with van der Waals surface area (Å²) in [5.41, 5.74) is 0.618. The second-order valence-corrected chi connectivity index (χ2v) is 4.76. The highest BCUT2D eigenvalue weighted by Crippen LogP contribution is 2.34. The van der Waals surface area contributed by atoms with E-state index in [1.54, 1.807) is 30.0 Å². The number of hydrogen-bond donors (Lipinski definition) is 0. The van der Waals surface area contributed by atoms with Gasteiger partial charge in [-0.1, -0.05) is 17.7 Å². The highest BCUT2D eigenvalue weighted by Gasteiger charge is 2.29. The lowest BCUT2D eigenvalue weighted by molar-refractivity contribution is 0.0853. The zero-order valence-corrected chi connectivity index (χ0v) is 9.90. The molecular weight excluding hydrogens is 232 g/mol. The molecule has 0 spiro atoms. The number of hydrogen-bond acceptors (Lipinski definition) is 3. The average molecular weight is 243 g/mol. The smallest absolute Gasteiger partial charge is 0.173 e. The number of fused-ring (bicyclic) bond motifs is 1. The molecule has 80 valence electrons. The van der Waals surface area contributed by atoms with Crippen LogP contribution in [0.5, 0.6) is 5.75 Å². The van der Waals surface area contributed by atoms with Crippen LogP contribution in [0, 0.1) is 5.92 Å². The molecule has 1 heterocycles. The van der Waals surface area contributed by atoms with Gasteiger partial charge in [-0.2, -0.15) is 11.8 Å². The summed E-state index contributed by atoms with van der Waals surface area (Å²) in [6, 6.07) is 5.29. The molecule has 2 nitrogen and oxygen atoms in total. The maximum atomic E-state index is 12.0. The molecule has 1 aromatic rings. The molecule has 0 saturated heterocycles. The SMILES string of the molecule is CSCC1COc2c(Cl)cccc2C1=O. The molecule has 1 atom stereocenters. The fraction of sp³-hybridized carbons (Fsp3) is 0.364. The van der Waals surface area contributed by atoms with E-state index < -0.39 is 0 Å². The second kappa shape index (κ2) is 4.45. The summed E-state index contributed by atoms with van der Waals surface area (Å²) < 4.78 is 5.52. The Hall–Kier alpha value is -0.670. The highest BCUT2D eigenvalue weighted by molar-refractivity contribution is 7.98. The number of ether oxygens (including phenoxy) is 1. The van der Waals surface area contributed by atoms with E-state index in [1.807, 2.05) is 6.26 Å². The number of ketones is 1. The third kappa shape index (κ3) is 1.99. The van der Waals surface area contributed by atoms with Gasteiger partial charge in [-0.05, 0) is 18.4 Å². The Morgan fingerprint density at radius 2 is 2.40 bits per heavy atom. The van der Waals surface area contributed by atoms with Crippen LogP contribution in [0.25, 0.3) is 0 Å². The lowest BCUT2D eigenvalue weighted by atomic mass is 9.97. The van der Waals surface area contributed by atoms with Crippen molar-refractivity contribution < 1.29 is 9.53 Å². The molecule has 1 unspecified atom stereocenters. The topological polar surface area (TPSA) is 26.3 Å². The van der Waals surface area contributed by atoms with Gasteiger partial charge < -0.3 is 4.74 Å². The number of rotatable bonds is 2. The van der Waals surface area contributed by atoms with Crippen LogP contribution in [-0.2, 0) is 0 Å². The molecule has 0 bridgehead atoms. The van der Waals surface area contributed by atoms with Gasteiger partial charge in [0.05, 0.1) is 23.1 Å². The standard InChI is InChI=1S/C11H11ClO2S/c1-15-6-7-5-14-11-8(10(7)13)3-2-4-9(11)12/h2-4,7H,5-6H2,1H3. The van der Waals surface area contributed by atoms with E-state index in [9.17, 15) is 4.79 Å². The quantitative estimate of drug-likeness (QED) is 0.798. The summed E-state index contributed by atoms with van der Waals surface area (Å²) in [4.78, 5) is 12.0. The van der Waals surface area contributed by atoms with Crippen molar-refractivity contribution in [2.75, 3.05) is 18.6 Å². The van der Waals surface area contributed by atoms with Gasteiger partial charge in [0, 0.05) is 5.75 Å². The summed E-state index contributed by atoms with van der Waals surface area (Å²) in [6.07, 6.45) is 1.99. The number of carbonyl (C=O) groups is 1. The lowest BCUT2D eigenvalue weighted by Crippen LogP contribution is -2.29. The first kappa shape index (κ1) is 10.8. The molecule has 0 N–H and O–H groups in total. The van der Waals surface area contributed by atoms with E-state index in [4.69, 9.17) is 16.3 Å². The van der Waals surface area contributed by atoms with Crippen molar-refractivity contribution >= 4 is 29.1 Å². The van der Waals surface area contributed by atoms with Gasteiger partial charge in [-0.25, -0.2) is 0 Å². The predicted octanol–water partition coefficient (Wildman–Crippen LogP) is 2.89. The Bertz CT molecular complexity index is 392. The van der Waals surface area contributed by atoms with Crippen molar-refractivity contribution in [1.29, 1.82) is 0 Å². The Labute approximate surface area is 98.0 Å². The maximum absolute atomic E-state index is 12.0. The highest BCUT2D eigenvalue weighted by atomic mass is 35.5. The minimum Gasteiger partial charge on any atom is -0.490 e. The van der Waals surface area contributed by atoms with E-state index in [0.717, 1.165) is 5.75 Å². The van der Waals surface area contributed by atoms with Gasteiger partial charge in [0.2, 0.25) is 0 Å². The molecule has 0 radical (unpaired) electrons. The van der Waals surface area contributed by atoms with Crippen molar-refractivity contribution in [3.8, 4) is 5.75 Å². The molecule has 15 heavy (non-hydrogen) atoms. The zero-order valence-electron chi connectivity index (χ0n) is 8.33. The van der Waals surface area contributed by atoms with Gasteiger partial charge in [0.1, 0.15) is 5.75 Å². The van der Waals surface area contributed by atoms with Crippen molar-refractivity contribution in [1.82, 2.24) is 0 Å². The molecule has 2 rings (SSSR count). The molecule has 0 fully saturated rings. The maximum Gasteiger partial charge on any atom is 0.173 e. The summed E-state index contributed by atoms with van der Waals surface area (Å²) in [5.74, 6) is 1.45. The fourth-order valence-electron chi connectivity index (χ4n) is 1.65. The van der Waals surface area contributed by atoms with Gasteiger partial charge in [0.25, 0.3) is 0 Å². The van der Waals surface area contributed by atoms with E-state index >= 15 is 0 Å². The van der Waals surface area contributed by atoms with Crippen molar-refractivity contribution in [2.45, 2.75) is 0 Å². The largest absolute Gasteiger partial charge is 0.490 e. The van der Waals surface area contributed by atoms with E-state index in [0.29, 0.717) is 22.9 Å². The predicted molar refractivity (Wildman–Crippen MR) is 63.1 cm³/mol. The lowest BCUT2D eigenvalue weighted by Gasteiger charge is -2.24. The first-order chi connectivity index (χ1) is 7.24. The molecule has 4 heteroatoms. The number of carbonyl (C=O) groups excluding carboxylic acids is 1. The van der Waals surface area contributed by atoms with Crippen molar-refractivity contribution in [2.24, 2.45) is 5.92 Å². The summed E-state index contributed by atoms with van der Waals surface area (Å²) >= 11 is 7.61. The van der Waals surface area contributed by atoms with Crippen LogP contribution in [0.2, 0.25) is 5.02 Å². The van der Waals surface area contributed by atoms with E-state index in [1.165, 1.54) is 0 Å². The van der Waals surface area contributed by atoms with Crippen LogP contribution in [0.15, 0.2) is 18.2 Å². The number of thioether (sulfide) groups is 1. The Morgan fingerprint density at radius 1 is 1.60 bits per heavy atom. The van der Waals surface area contributed by atoms with E-state index in [2.05, 4.69) is 0 Å². The number of para-hydroxylation sites is 1. The van der Waals surface area contributed by atoms with Gasteiger partial charge >= 0.3 is 0 Å². The monoisotopic (exact) mass is 242 g/mol. The molecule has 0 aromatic heterocycles. The van der Waals surface area contributed by atoms with Crippen molar-refractivity contribution in [3.05, 3.63) is 28.8 Å². The summed E-state index contributed by atoms with van der Waals surface area (Å²) in [5, 5.41) is 0.517. The van der Waals surface area contributed by atoms with Gasteiger partial charge in [-0.15, -0.1) is 0 Å². The zero-order chi connectivity index (χ0) is 10.8. The molecule has 1 aliphatic rings. The number of halogens is 1. The third-order valence-corrected chi connectivity index (χ3v) is 3.43. The van der Waals surface area contributed by atoms with Gasteiger partial charge in [-0.3, -0.25) is 4.79 Å². The van der Waals surface area contributed by atoms with Gasteiger partial charge in [0.15, 0.2) is 5.78 Å². The van der Waals surface area contributed by atoms with Crippen LogP contribution in [0.1, 0.15) is 10.4 Å². The minimum absolute atomic E-state index is 0.0361. The third-order valence-electron chi connectivity index (χ3n) is 2.40. The van der Waals surface area contributed by atoms with Crippen LogP contribution in [0.3, 0.4) is 0 Å². The molecule has 0 aliphatic carbocycles. The molecule has 0 amide bonds. The molecule has 1 aliphatic heterocycles. The number of benzene rings is 1. The molecule has 0 saturated carbocycles. The minimum atomic E-state index is -0.0361. The van der Waals surface area contributed by atoms with Crippen LogP contribution in [-0.4, -0.2) is 24.4 Å². The Morgan fingerprint density at radius 3 is 3.13 bits per heavy atom. The molecule has 1 aromatic carbocycles. The Balaban J connectivity index is 2.34. The Kier molecular flexibility index (Phi) is 3.22. The van der Waals surface area contributed by atoms with Crippen molar-refractivity contribution in [3.63, 3.8) is 0 Å². The summed E-state index contributed by atoms with van der Waals surface area (Å²) in [7, 11) is 0. The normalized spacial score (nSPS) is 19.6. The van der Waals surface area contributed by atoms with Crippen LogP contribution < -0.4 is 4.74 Å².